The molecule has 1 aliphatic rings. The Morgan fingerprint density at radius 3 is 2.72 bits per heavy atom. The molecule has 1 unspecified atom stereocenters. The van der Waals surface area contributed by atoms with Crippen molar-refractivity contribution in [3.05, 3.63) is 29.6 Å². The largest absolute Gasteiger partial charge is 0.389 e. The summed E-state index contributed by atoms with van der Waals surface area (Å²) in [7, 11) is 0. The van der Waals surface area contributed by atoms with E-state index < -0.39 is 6.10 Å². The maximum atomic E-state index is 14.1. The van der Waals surface area contributed by atoms with E-state index in [1.807, 2.05) is 18.7 Å². The Hall–Kier alpha value is -1.13. The molecule has 18 heavy (non-hydrogen) atoms. The molecule has 1 aromatic rings. The summed E-state index contributed by atoms with van der Waals surface area (Å²) in [6, 6.07) is 4.91. The molecule has 100 valence electrons. The van der Waals surface area contributed by atoms with E-state index in [1.54, 1.807) is 19.1 Å². The van der Waals surface area contributed by atoms with Crippen molar-refractivity contribution >= 4 is 5.69 Å². The van der Waals surface area contributed by atoms with Crippen molar-refractivity contribution in [3.63, 3.8) is 0 Å². The third kappa shape index (κ3) is 2.82. The lowest BCUT2D eigenvalue weighted by Crippen LogP contribution is -2.48. The quantitative estimate of drug-likeness (QED) is 0.879. The van der Waals surface area contributed by atoms with E-state index in [0.29, 0.717) is 30.9 Å². The molecular weight excluding hydrogens is 233 g/mol. The minimum Gasteiger partial charge on any atom is -0.389 e. The summed E-state index contributed by atoms with van der Waals surface area (Å²) < 4.78 is 19.7. The lowest BCUT2D eigenvalue weighted by Gasteiger charge is -2.39. The van der Waals surface area contributed by atoms with Crippen molar-refractivity contribution < 1.29 is 14.2 Å². The number of morpholine rings is 1. The minimum absolute atomic E-state index is 0.256. The second kappa shape index (κ2) is 4.86. The van der Waals surface area contributed by atoms with Gasteiger partial charge in [0.2, 0.25) is 0 Å². The summed E-state index contributed by atoms with van der Waals surface area (Å²) in [5, 5.41) is 9.43. The minimum atomic E-state index is -0.644. The van der Waals surface area contributed by atoms with Crippen LogP contribution >= 0.6 is 0 Å². The Morgan fingerprint density at radius 2 is 2.17 bits per heavy atom. The predicted molar refractivity (Wildman–Crippen MR) is 69.3 cm³/mol. The Labute approximate surface area is 107 Å². The summed E-state index contributed by atoms with van der Waals surface area (Å²) in [5.74, 6) is -0.286. The van der Waals surface area contributed by atoms with Crippen molar-refractivity contribution in [1.82, 2.24) is 0 Å². The highest BCUT2D eigenvalue weighted by atomic mass is 19.1. The fraction of sp³-hybridized carbons (Fsp3) is 0.571. The molecule has 0 aliphatic carbocycles. The summed E-state index contributed by atoms with van der Waals surface area (Å²) in [6.07, 6.45) is -0.644. The molecule has 0 radical (unpaired) electrons. The van der Waals surface area contributed by atoms with Crippen LogP contribution in [0.3, 0.4) is 0 Å². The average molecular weight is 253 g/mol. The molecule has 1 aliphatic heterocycles. The second-order valence-corrected chi connectivity index (χ2v) is 5.42. The summed E-state index contributed by atoms with van der Waals surface area (Å²) in [4.78, 5) is 1.99. The zero-order valence-electron chi connectivity index (χ0n) is 11.1. The highest BCUT2D eigenvalue weighted by Gasteiger charge is 2.28. The number of halogens is 1. The normalized spacial score (nSPS) is 20.8. The number of rotatable bonds is 2. The van der Waals surface area contributed by atoms with E-state index in [4.69, 9.17) is 4.74 Å². The van der Waals surface area contributed by atoms with Gasteiger partial charge in [-0.05, 0) is 38.5 Å². The summed E-state index contributed by atoms with van der Waals surface area (Å²) >= 11 is 0. The first-order valence-electron chi connectivity index (χ1n) is 6.25. The molecule has 1 saturated heterocycles. The first kappa shape index (κ1) is 13.3. The smallest absolute Gasteiger partial charge is 0.146 e. The van der Waals surface area contributed by atoms with E-state index in [9.17, 15) is 9.50 Å². The van der Waals surface area contributed by atoms with Crippen LogP contribution in [0.1, 0.15) is 32.4 Å². The molecule has 3 nitrogen and oxygen atoms in total. The van der Waals surface area contributed by atoms with Crippen LogP contribution in [0.4, 0.5) is 10.1 Å². The molecule has 0 saturated carbocycles. The first-order chi connectivity index (χ1) is 8.39. The third-order valence-corrected chi connectivity index (χ3v) is 3.22. The zero-order valence-corrected chi connectivity index (χ0v) is 11.1. The van der Waals surface area contributed by atoms with Crippen molar-refractivity contribution in [2.45, 2.75) is 32.5 Å². The van der Waals surface area contributed by atoms with Crippen LogP contribution < -0.4 is 4.90 Å². The fourth-order valence-electron chi connectivity index (χ4n) is 2.26. The van der Waals surface area contributed by atoms with Crippen LogP contribution in [0.25, 0.3) is 0 Å². The third-order valence-electron chi connectivity index (χ3n) is 3.22. The van der Waals surface area contributed by atoms with Crippen LogP contribution in [0.2, 0.25) is 0 Å². The number of hydrogen-bond donors (Lipinski definition) is 1. The van der Waals surface area contributed by atoms with Gasteiger partial charge in [-0.15, -0.1) is 0 Å². The Morgan fingerprint density at radius 1 is 1.44 bits per heavy atom. The summed E-state index contributed by atoms with van der Waals surface area (Å²) in [6.45, 7) is 7.59. The molecule has 0 bridgehead atoms. The molecule has 1 atom stereocenters. The highest BCUT2D eigenvalue weighted by Crippen LogP contribution is 2.27. The molecule has 1 fully saturated rings. The number of nitrogens with zero attached hydrogens (tertiary/aromatic N) is 1. The van der Waals surface area contributed by atoms with Gasteiger partial charge >= 0.3 is 0 Å². The van der Waals surface area contributed by atoms with Gasteiger partial charge in [0.15, 0.2) is 0 Å². The second-order valence-electron chi connectivity index (χ2n) is 5.42. The average Bonchev–Trinajstić information content (AvgIpc) is 2.27. The van der Waals surface area contributed by atoms with Gasteiger partial charge in [-0.2, -0.15) is 0 Å². The van der Waals surface area contributed by atoms with Crippen LogP contribution in [-0.2, 0) is 4.74 Å². The lowest BCUT2D eigenvalue weighted by molar-refractivity contribution is -0.0278. The molecule has 0 amide bonds. The molecule has 2 rings (SSSR count). The van der Waals surface area contributed by atoms with Crippen molar-refractivity contribution in [2.75, 3.05) is 24.6 Å². The van der Waals surface area contributed by atoms with Gasteiger partial charge in [0.05, 0.1) is 24.0 Å². The Kier molecular flexibility index (Phi) is 3.59. The van der Waals surface area contributed by atoms with Gasteiger partial charge in [-0.3, -0.25) is 0 Å². The lowest BCUT2D eigenvalue weighted by atomic mass is 10.1. The number of aliphatic hydroxyl groups excluding tert-OH is 1. The highest BCUT2D eigenvalue weighted by molar-refractivity contribution is 5.50. The van der Waals surface area contributed by atoms with E-state index in [0.717, 1.165) is 0 Å². The van der Waals surface area contributed by atoms with Gasteiger partial charge < -0.3 is 14.7 Å². The van der Waals surface area contributed by atoms with Crippen molar-refractivity contribution in [2.24, 2.45) is 0 Å². The number of hydrogen-bond acceptors (Lipinski definition) is 3. The van der Waals surface area contributed by atoms with Crippen molar-refractivity contribution in [1.29, 1.82) is 0 Å². The van der Waals surface area contributed by atoms with Gasteiger partial charge in [-0.1, -0.05) is 6.07 Å². The first-order valence-corrected chi connectivity index (χ1v) is 6.25. The van der Waals surface area contributed by atoms with Gasteiger partial charge in [0.25, 0.3) is 0 Å². The predicted octanol–water partition coefficient (Wildman–Crippen LogP) is 2.49. The van der Waals surface area contributed by atoms with E-state index in [1.165, 1.54) is 6.07 Å². The molecular formula is C14H20FNO2. The van der Waals surface area contributed by atoms with E-state index >= 15 is 0 Å². The maximum Gasteiger partial charge on any atom is 0.146 e. The maximum absolute atomic E-state index is 14.1. The molecule has 0 aromatic heterocycles. The fourth-order valence-corrected chi connectivity index (χ4v) is 2.26. The Bertz CT molecular complexity index is 432. The molecule has 1 heterocycles. The molecule has 1 N–H and O–H groups in total. The summed E-state index contributed by atoms with van der Waals surface area (Å²) in [5.41, 5.74) is 0.924. The number of benzene rings is 1. The van der Waals surface area contributed by atoms with Gasteiger partial charge in [0, 0.05) is 13.1 Å². The molecule has 0 spiro atoms. The topological polar surface area (TPSA) is 32.7 Å². The van der Waals surface area contributed by atoms with Crippen LogP contribution in [0, 0.1) is 5.82 Å². The monoisotopic (exact) mass is 253 g/mol. The Balaban J connectivity index is 2.23. The van der Waals surface area contributed by atoms with Crippen LogP contribution in [0.5, 0.6) is 0 Å². The SMILES string of the molecule is CC(O)c1ccc(N2CCOC(C)(C)C2)c(F)c1. The van der Waals surface area contributed by atoms with Gasteiger partial charge in [0.1, 0.15) is 5.82 Å². The van der Waals surface area contributed by atoms with E-state index in [-0.39, 0.29) is 11.4 Å². The zero-order chi connectivity index (χ0) is 13.3. The van der Waals surface area contributed by atoms with Crippen molar-refractivity contribution in [3.8, 4) is 0 Å². The molecule has 1 aromatic carbocycles. The number of aliphatic hydroxyl groups is 1. The van der Waals surface area contributed by atoms with E-state index in [2.05, 4.69) is 0 Å². The molecule has 4 heteroatoms. The standard InChI is InChI=1S/C14H20FNO2/c1-10(17)11-4-5-13(12(15)8-11)16-6-7-18-14(2,3)9-16/h4-5,8,10,17H,6-7,9H2,1-3H3. The number of anilines is 1. The van der Waals surface area contributed by atoms with Crippen LogP contribution in [0.15, 0.2) is 18.2 Å². The van der Waals surface area contributed by atoms with Crippen LogP contribution in [-0.4, -0.2) is 30.4 Å². The number of ether oxygens (including phenoxy) is 1. The van der Waals surface area contributed by atoms with Gasteiger partial charge in [-0.25, -0.2) is 4.39 Å².